The molecule has 0 bridgehead atoms. The van der Waals surface area contributed by atoms with E-state index in [1.807, 2.05) is 25.1 Å². The minimum atomic E-state index is 0.0572. The van der Waals surface area contributed by atoms with Gasteiger partial charge in [0.2, 0.25) is 5.89 Å². The Hall–Kier alpha value is -2.61. The molecule has 7 nitrogen and oxygen atoms in total. The van der Waals surface area contributed by atoms with Crippen LogP contribution >= 0.6 is 11.3 Å². The molecule has 0 saturated heterocycles. The van der Waals surface area contributed by atoms with Crippen LogP contribution in [0.4, 0.5) is 6.01 Å². The van der Waals surface area contributed by atoms with Crippen molar-refractivity contribution >= 4 is 17.4 Å². The second-order valence-corrected chi connectivity index (χ2v) is 6.07. The van der Waals surface area contributed by atoms with E-state index in [9.17, 15) is 0 Å². The average molecular weight is 332 g/mol. The van der Waals surface area contributed by atoms with Gasteiger partial charge in [0.25, 0.3) is 0 Å². The van der Waals surface area contributed by atoms with E-state index in [2.05, 4.69) is 15.2 Å². The van der Waals surface area contributed by atoms with Gasteiger partial charge in [-0.25, -0.2) is 4.98 Å². The number of anilines is 1. The number of nitrogens with zero attached hydrogens (tertiary/aromatic N) is 3. The molecular weight excluding hydrogens is 316 g/mol. The van der Waals surface area contributed by atoms with Crippen molar-refractivity contribution in [2.24, 2.45) is 0 Å². The third-order valence-corrected chi connectivity index (χ3v) is 4.23. The third-order valence-electron chi connectivity index (χ3n) is 3.26. The lowest BCUT2D eigenvalue weighted by atomic mass is 10.1. The molecular formula is C15H16N4O3S. The van der Waals surface area contributed by atoms with E-state index in [1.54, 1.807) is 25.6 Å². The summed E-state index contributed by atoms with van der Waals surface area (Å²) in [4.78, 5) is 5.63. The highest BCUT2D eigenvalue weighted by molar-refractivity contribution is 7.12. The van der Waals surface area contributed by atoms with E-state index in [1.165, 1.54) is 0 Å². The Kier molecular flexibility index (Phi) is 4.16. The lowest BCUT2D eigenvalue weighted by molar-refractivity contribution is 0.404. The van der Waals surface area contributed by atoms with Crippen molar-refractivity contribution < 1.29 is 13.9 Å². The van der Waals surface area contributed by atoms with Crippen LogP contribution in [0, 0.1) is 6.92 Å². The summed E-state index contributed by atoms with van der Waals surface area (Å²) in [6.45, 7) is 1.95. The fourth-order valence-corrected chi connectivity index (χ4v) is 3.22. The highest BCUT2D eigenvalue weighted by Gasteiger charge is 2.18. The summed E-state index contributed by atoms with van der Waals surface area (Å²) in [5.74, 6) is 1.91. The maximum absolute atomic E-state index is 5.48. The molecule has 1 aromatic carbocycles. The molecule has 0 spiro atoms. The molecule has 0 aliphatic heterocycles. The van der Waals surface area contributed by atoms with Gasteiger partial charge in [-0.15, -0.1) is 16.4 Å². The van der Waals surface area contributed by atoms with E-state index in [0.29, 0.717) is 12.3 Å². The van der Waals surface area contributed by atoms with Crippen molar-refractivity contribution in [2.45, 2.75) is 13.3 Å². The molecule has 3 rings (SSSR count). The zero-order chi connectivity index (χ0) is 16.4. The Morgan fingerprint density at radius 2 is 2.04 bits per heavy atom. The van der Waals surface area contributed by atoms with Crippen LogP contribution in [0.3, 0.4) is 0 Å². The smallest absolute Gasteiger partial charge is 0.312 e. The first-order valence-corrected chi connectivity index (χ1v) is 7.69. The Bertz CT molecular complexity index is 828. The molecule has 0 radical (unpaired) electrons. The number of hydrogen-bond donors (Lipinski definition) is 1. The lowest BCUT2D eigenvalue weighted by Gasteiger charge is -2.10. The van der Waals surface area contributed by atoms with Gasteiger partial charge in [-0.05, 0) is 25.1 Å². The van der Waals surface area contributed by atoms with E-state index in [4.69, 9.17) is 19.6 Å². The Morgan fingerprint density at radius 1 is 1.22 bits per heavy atom. The van der Waals surface area contributed by atoms with Crippen molar-refractivity contribution in [1.29, 1.82) is 0 Å². The van der Waals surface area contributed by atoms with Crippen LogP contribution in [-0.4, -0.2) is 29.4 Å². The molecule has 0 atom stereocenters. The minimum absolute atomic E-state index is 0.0572. The van der Waals surface area contributed by atoms with Crippen LogP contribution in [0.5, 0.6) is 11.5 Å². The number of rotatable bonds is 5. The quantitative estimate of drug-likeness (QED) is 0.767. The van der Waals surface area contributed by atoms with Crippen LogP contribution in [0.1, 0.15) is 15.8 Å². The molecule has 23 heavy (non-hydrogen) atoms. The number of nitrogens with two attached hydrogens (primary N) is 1. The minimum Gasteiger partial charge on any atom is -0.497 e. The van der Waals surface area contributed by atoms with Gasteiger partial charge in [-0.2, -0.15) is 0 Å². The number of methoxy groups -OCH3 is 2. The van der Waals surface area contributed by atoms with Crippen LogP contribution in [0.15, 0.2) is 22.6 Å². The van der Waals surface area contributed by atoms with Crippen LogP contribution in [-0.2, 0) is 6.42 Å². The molecule has 0 saturated carbocycles. The number of hydrogen-bond acceptors (Lipinski definition) is 8. The summed E-state index contributed by atoms with van der Waals surface area (Å²) in [5, 5.41) is 8.53. The van der Waals surface area contributed by atoms with Gasteiger partial charge in [-0.3, -0.25) is 0 Å². The fraction of sp³-hybridized carbons (Fsp3) is 0.267. The molecule has 8 heteroatoms. The lowest BCUT2D eigenvalue weighted by Crippen LogP contribution is -1.94. The first-order valence-electron chi connectivity index (χ1n) is 6.87. The number of aromatic nitrogens is 3. The van der Waals surface area contributed by atoms with E-state index < -0.39 is 0 Å². The standard InChI is InChI=1S/C15H16N4O3S/c1-8-17-14(10-6-9(20-2)4-5-11(10)21-3)12(23-8)7-13-18-19-15(16)22-13/h4-6H,7H2,1-3H3,(H2,16,19). The molecule has 2 heterocycles. The predicted molar refractivity (Wildman–Crippen MR) is 86.9 cm³/mol. The molecule has 3 aromatic rings. The highest BCUT2D eigenvalue weighted by atomic mass is 32.1. The monoisotopic (exact) mass is 332 g/mol. The Morgan fingerprint density at radius 3 is 2.70 bits per heavy atom. The zero-order valence-electron chi connectivity index (χ0n) is 13.0. The summed E-state index contributed by atoms with van der Waals surface area (Å²) in [5.41, 5.74) is 7.16. The van der Waals surface area contributed by atoms with E-state index in [-0.39, 0.29) is 6.01 Å². The predicted octanol–water partition coefficient (Wildman–Crippen LogP) is 2.69. The molecule has 0 fully saturated rings. The molecule has 0 amide bonds. The van der Waals surface area contributed by atoms with Crippen molar-refractivity contribution in [3.05, 3.63) is 34.0 Å². The molecule has 2 N–H and O–H groups in total. The first-order chi connectivity index (χ1) is 11.1. The molecule has 0 aliphatic carbocycles. The Labute approximate surface area is 137 Å². The van der Waals surface area contributed by atoms with Gasteiger partial charge in [0.1, 0.15) is 11.5 Å². The topological polar surface area (TPSA) is 96.3 Å². The second kappa shape index (κ2) is 6.25. The maximum Gasteiger partial charge on any atom is 0.312 e. The molecule has 120 valence electrons. The van der Waals surface area contributed by atoms with Crippen LogP contribution in [0.25, 0.3) is 11.3 Å². The number of nitrogen functional groups attached to an aromatic ring is 1. The normalized spacial score (nSPS) is 10.7. The van der Waals surface area contributed by atoms with Gasteiger partial charge in [-0.1, -0.05) is 5.10 Å². The summed E-state index contributed by atoms with van der Waals surface area (Å²) in [6.07, 6.45) is 0.464. The van der Waals surface area contributed by atoms with Gasteiger partial charge in [0, 0.05) is 10.4 Å². The SMILES string of the molecule is COc1ccc(OC)c(-c2nc(C)sc2Cc2nnc(N)o2)c1. The van der Waals surface area contributed by atoms with Gasteiger partial charge >= 0.3 is 6.01 Å². The second-order valence-electron chi connectivity index (χ2n) is 4.78. The van der Waals surface area contributed by atoms with Gasteiger partial charge in [0.05, 0.1) is 31.3 Å². The summed E-state index contributed by atoms with van der Waals surface area (Å²) < 4.78 is 16.0. The number of ether oxygens (including phenoxy) is 2. The molecule has 0 unspecified atom stereocenters. The summed E-state index contributed by atoms with van der Waals surface area (Å²) in [7, 11) is 3.25. The largest absolute Gasteiger partial charge is 0.497 e. The first kappa shape index (κ1) is 15.3. The van der Waals surface area contributed by atoms with Crippen molar-refractivity contribution in [3.8, 4) is 22.8 Å². The maximum atomic E-state index is 5.48. The summed E-state index contributed by atoms with van der Waals surface area (Å²) >= 11 is 1.57. The van der Waals surface area contributed by atoms with Gasteiger partial charge in [0.15, 0.2) is 0 Å². The van der Waals surface area contributed by atoms with Crippen molar-refractivity contribution in [3.63, 3.8) is 0 Å². The van der Waals surface area contributed by atoms with Crippen LogP contribution in [0.2, 0.25) is 0 Å². The summed E-state index contributed by atoms with van der Waals surface area (Å²) in [6, 6.07) is 5.66. The van der Waals surface area contributed by atoms with E-state index in [0.717, 1.165) is 32.6 Å². The van der Waals surface area contributed by atoms with Gasteiger partial charge < -0.3 is 19.6 Å². The van der Waals surface area contributed by atoms with E-state index >= 15 is 0 Å². The third kappa shape index (κ3) is 3.11. The number of benzene rings is 1. The van der Waals surface area contributed by atoms with Crippen molar-refractivity contribution in [2.75, 3.05) is 20.0 Å². The Balaban J connectivity index is 2.06. The number of thiazole rings is 1. The highest BCUT2D eigenvalue weighted by Crippen LogP contribution is 2.37. The molecule has 2 aromatic heterocycles. The average Bonchev–Trinajstić information content (AvgIpc) is 3.12. The fourth-order valence-electron chi connectivity index (χ4n) is 2.27. The molecule has 0 aliphatic rings. The number of aryl methyl sites for hydroxylation is 1. The van der Waals surface area contributed by atoms with Crippen molar-refractivity contribution in [1.82, 2.24) is 15.2 Å². The zero-order valence-corrected chi connectivity index (χ0v) is 13.8. The van der Waals surface area contributed by atoms with Crippen LogP contribution < -0.4 is 15.2 Å².